The zero-order valence-corrected chi connectivity index (χ0v) is 10.3. The third-order valence-corrected chi connectivity index (χ3v) is 3.21. The summed E-state index contributed by atoms with van der Waals surface area (Å²) in [5.41, 5.74) is 7.10. The fourth-order valence-electron chi connectivity index (χ4n) is 1.67. The third-order valence-electron chi connectivity index (χ3n) is 2.36. The van der Waals surface area contributed by atoms with Crippen molar-refractivity contribution in [2.45, 2.75) is 11.2 Å². The minimum atomic E-state index is 0.0888. The molecule has 1 atom stereocenters. The lowest BCUT2D eigenvalue weighted by Gasteiger charge is -2.18. The molecule has 1 amide bonds. The summed E-state index contributed by atoms with van der Waals surface area (Å²) in [4.78, 5) is 13.5. The van der Waals surface area contributed by atoms with E-state index in [1.165, 1.54) is 0 Å². The Balaban J connectivity index is 2.34. The number of amides is 1. The van der Waals surface area contributed by atoms with Gasteiger partial charge in [0.1, 0.15) is 0 Å². The summed E-state index contributed by atoms with van der Waals surface area (Å²) < 4.78 is 0. The van der Waals surface area contributed by atoms with Gasteiger partial charge in [-0.25, -0.2) is 0 Å². The lowest BCUT2D eigenvalue weighted by Crippen LogP contribution is -2.25. The molecule has 1 aromatic carbocycles. The van der Waals surface area contributed by atoms with Gasteiger partial charge in [0, 0.05) is 22.8 Å². The maximum absolute atomic E-state index is 11.6. The van der Waals surface area contributed by atoms with Crippen LogP contribution >= 0.6 is 27.5 Å². The standard InChI is InChI=1S/C10H10BrClN2O/c11-6-3-10(15)14(5-6)9-2-1-7(12)4-8(9)13/h1-2,4,6H,3,5,13H2. The van der Waals surface area contributed by atoms with E-state index in [0.29, 0.717) is 23.7 Å². The zero-order valence-electron chi connectivity index (χ0n) is 7.91. The van der Waals surface area contributed by atoms with E-state index in [2.05, 4.69) is 15.9 Å². The Bertz CT molecular complexity index is 410. The van der Waals surface area contributed by atoms with Crippen molar-refractivity contribution in [3.05, 3.63) is 23.2 Å². The van der Waals surface area contributed by atoms with Gasteiger partial charge in [0.25, 0.3) is 0 Å². The first-order chi connectivity index (χ1) is 7.08. The fourth-order valence-corrected chi connectivity index (χ4v) is 2.42. The first kappa shape index (κ1) is 10.8. The lowest BCUT2D eigenvalue weighted by molar-refractivity contribution is -0.117. The van der Waals surface area contributed by atoms with Crippen LogP contribution in [-0.2, 0) is 4.79 Å². The summed E-state index contributed by atoms with van der Waals surface area (Å²) >= 11 is 9.22. The van der Waals surface area contributed by atoms with Crippen LogP contribution in [0.3, 0.4) is 0 Å². The van der Waals surface area contributed by atoms with Gasteiger partial charge in [0.05, 0.1) is 11.4 Å². The molecule has 3 nitrogen and oxygen atoms in total. The molecule has 1 aliphatic heterocycles. The topological polar surface area (TPSA) is 46.3 Å². The Kier molecular flexibility index (Phi) is 2.89. The molecule has 0 radical (unpaired) electrons. The van der Waals surface area contributed by atoms with Crippen molar-refractivity contribution < 1.29 is 4.79 Å². The molecule has 0 bridgehead atoms. The maximum Gasteiger partial charge on any atom is 0.228 e. The van der Waals surface area contributed by atoms with E-state index in [0.717, 1.165) is 5.69 Å². The van der Waals surface area contributed by atoms with Gasteiger partial charge in [-0.05, 0) is 18.2 Å². The molecule has 5 heteroatoms. The monoisotopic (exact) mass is 288 g/mol. The largest absolute Gasteiger partial charge is 0.397 e. The van der Waals surface area contributed by atoms with Crippen LogP contribution in [0.15, 0.2) is 18.2 Å². The summed E-state index contributed by atoms with van der Waals surface area (Å²) in [7, 11) is 0. The SMILES string of the molecule is Nc1cc(Cl)ccc1N1CC(Br)CC1=O. The number of nitrogens with two attached hydrogens (primary N) is 1. The number of anilines is 2. The molecule has 1 fully saturated rings. The first-order valence-electron chi connectivity index (χ1n) is 4.57. The first-order valence-corrected chi connectivity index (χ1v) is 5.87. The van der Waals surface area contributed by atoms with Gasteiger partial charge in [-0.2, -0.15) is 0 Å². The number of rotatable bonds is 1. The number of nitrogens with zero attached hydrogens (tertiary/aromatic N) is 1. The Labute approximate surface area is 101 Å². The number of carbonyl (C=O) groups excluding carboxylic acids is 1. The summed E-state index contributed by atoms with van der Waals surface area (Å²) in [6.07, 6.45) is 0.516. The van der Waals surface area contributed by atoms with Crippen LogP contribution in [0.2, 0.25) is 5.02 Å². The van der Waals surface area contributed by atoms with Crippen molar-refractivity contribution in [1.29, 1.82) is 0 Å². The molecule has 1 aromatic rings. The normalized spacial score (nSPS) is 21.1. The molecule has 0 aromatic heterocycles. The predicted molar refractivity (Wildman–Crippen MR) is 65.5 cm³/mol. The molecular formula is C10H10BrClN2O. The van der Waals surface area contributed by atoms with Gasteiger partial charge in [-0.3, -0.25) is 4.79 Å². The van der Waals surface area contributed by atoms with Crippen LogP contribution in [0.1, 0.15) is 6.42 Å². The molecule has 15 heavy (non-hydrogen) atoms. The van der Waals surface area contributed by atoms with Crippen LogP contribution in [0, 0.1) is 0 Å². The van der Waals surface area contributed by atoms with Crippen molar-refractivity contribution in [3.63, 3.8) is 0 Å². The van der Waals surface area contributed by atoms with E-state index in [4.69, 9.17) is 17.3 Å². The summed E-state index contributed by atoms with van der Waals surface area (Å²) in [6, 6.07) is 5.18. The van der Waals surface area contributed by atoms with Gasteiger partial charge in [-0.15, -0.1) is 0 Å². The van der Waals surface area contributed by atoms with Crippen molar-refractivity contribution >= 4 is 44.8 Å². The number of alkyl halides is 1. The van der Waals surface area contributed by atoms with Gasteiger partial charge < -0.3 is 10.6 Å². The van der Waals surface area contributed by atoms with E-state index in [-0.39, 0.29) is 10.7 Å². The Morgan fingerprint density at radius 3 is 2.80 bits per heavy atom. The van der Waals surface area contributed by atoms with Crippen molar-refractivity contribution in [2.75, 3.05) is 17.2 Å². The molecule has 80 valence electrons. The van der Waals surface area contributed by atoms with E-state index < -0.39 is 0 Å². The summed E-state index contributed by atoms with van der Waals surface area (Å²) in [5, 5.41) is 0.582. The van der Waals surface area contributed by atoms with E-state index >= 15 is 0 Å². The maximum atomic E-state index is 11.6. The van der Waals surface area contributed by atoms with Gasteiger partial charge in [0.2, 0.25) is 5.91 Å². The van der Waals surface area contributed by atoms with Crippen molar-refractivity contribution in [3.8, 4) is 0 Å². The molecule has 1 unspecified atom stereocenters. The summed E-state index contributed by atoms with van der Waals surface area (Å²) in [5.74, 6) is 0.0888. The third kappa shape index (κ3) is 2.11. The van der Waals surface area contributed by atoms with Gasteiger partial charge in [0.15, 0.2) is 0 Å². The highest BCUT2D eigenvalue weighted by atomic mass is 79.9. The highest BCUT2D eigenvalue weighted by molar-refractivity contribution is 9.09. The molecule has 1 heterocycles. The average Bonchev–Trinajstić information content (AvgIpc) is 2.45. The fraction of sp³-hybridized carbons (Fsp3) is 0.300. The van der Waals surface area contributed by atoms with E-state index in [1.54, 1.807) is 23.1 Å². The number of nitrogen functional groups attached to an aromatic ring is 1. The second-order valence-electron chi connectivity index (χ2n) is 3.51. The average molecular weight is 290 g/mol. The van der Waals surface area contributed by atoms with Crippen LogP contribution in [-0.4, -0.2) is 17.3 Å². The molecule has 0 aliphatic carbocycles. The minimum absolute atomic E-state index is 0.0888. The molecular weight excluding hydrogens is 279 g/mol. The smallest absolute Gasteiger partial charge is 0.228 e. The van der Waals surface area contributed by atoms with Crippen LogP contribution in [0.4, 0.5) is 11.4 Å². The number of hydrogen-bond acceptors (Lipinski definition) is 2. The molecule has 2 N–H and O–H groups in total. The quantitative estimate of drug-likeness (QED) is 0.637. The highest BCUT2D eigenvalue weighted by Crippen LogP contribution is 2.31. The number of carbonyl (C=O) groups is 1. The molecule has 1 aliphatic rings. The van der Waals surface area contributed by atoms with Crippen LogP contribution in [0.5, 0.6) is 0 Å². The Morgan fingerprint density at radius 2 is 2.27 bits per heavy atom. The highest BCUT2D eigenvalue weighted by Gasteiger charge is 2.29. The number of benzene rings is 1. The zero-order chi connectivity index (χ0) is 11.0. The molecule has 2 rings (SSSR count). The van der Waals surface area contributed by atoms with Crippen molar-refractivity contribution in [1.82, 2.24) is 0 Å². The lowest BCUT2D eigenvalue weighted by atomic mass is 10.2. The van der Waals surface area contributed by atoms with Gasteiger partial charge >= 0.3 is 0 Å². The molecule has 1 saturated heterocycles. The van der Waals surface area contributed by atoms with Crippen LogP contribution < -0.4 is 10.6 Å². The predicted octanol–water partition coefficient (Wildman–Crippen LogP) is 2.42. The second kappa shape index (κ2) is 4.02. The van der Waals surface area contributed by atoms with Crippen molar-refractivity contribution in [2.24, 2.45) is 0 Å². The van der Waals surface area contributed by atoms with Gasteiger partial charge in [-0.1, -0.05) is 27.5 Å². The summed E-state index contributed by atoms with van der Waals surface area (Å²) in [6.45, 7) is 0.657. The Hall–Kier alpha value is -0.740. The second-order valence-corrected chi connectivity index (χ2v) is 5.24. The van der Waals surface area contributed by atoms with E-state index in [9.17, 15) is 4.79 Å². The number of hydrogen-bond donors (Lipinski definition) is 1. The number of halogens is 2. The molecule has 0 saturated carbocycles. The van der Waals surface area contributed by atoms with E-state index in [1.807, 2.05) is 0 Å². The molecule has 0 spiro atoms. The minimum Gasteiger partial charge on any atom is -0.397 e. The van der Waals surface area contributed by atoms with Crippen LogP contribution in [0.25, 0.3) is 0 Å². The Morgan fingerprint density at radius 1 is 1.53 bits per heavy atom.